The second-order valence-corrected chi connectivity index (χ2v) is 6.90. The van der Waals surface area contributed by atoms with Gasteiger partial charge in [-0.15, -0.1) is 0 Å². The molecule has 0 aliphatic heterocycles. The highest BCUT2D eigenvalue weighted by Gasteiger charge is 2.26. The van der Waals surface area contributed by atoms with Crippen molar-refractivity contribution in [3.63, 3.8) is 0 Å². The Labute approximate surface area is 174 Å². The summed E-state index contributed by atoms with van der Waals surface area (Å²) in [5.41, 5.74) is 0.817. The number of amides is 2. The van der Waals surface area contributed by atoms with Crippen LogP contribution in [0.3, 0.4) is 0 Å². The van der Waals surface area contributed by atoms with Gasteiger partial charge < -0.3 is 20.1 Å². The van der Waals surface area contributed by atoms with Crippen molar-refractivity contribution in [1.82, 2.24) is 10.2 Å². The predicted octanol–water partition coefficient (Wildman–Crippen LogP) is 2.90. The van der Waals surface area contributed by atoms with Crippen molar-refractivity contribution < 1.29 is 19.4 Å². The van der Waals surface area contributed by atoms with Crippen LogP contribution in [-0.2, 0) is 16.1 Å². The summed E-state index contributed by atoms with van der Waals surface area (Å²) in [5, 5.41) is 12.5. The lowest BCUT2D eigenvalue weighted by molar-refractivity contribution is -0.142. The van der Waals surface area contributed by atoms with E-state index in [-0.39, 0.29) is 38.1 Å². The molecule has 0 aromatic heterocycles. The van der Waals surface area contributed by atoms with Gasteiger partial charge in [-0.1, -0.05) is 47.5 Å². The molecular weight excluding hydrogens is 403 g/mol. The van der Waals surface area contributed by atoms with E-state index < -0.39 is 6.04 Å². The van der Waals surface area contributed by atoms with Crippen LogP contribution in [0, 0.1) is 0 Å². The summed E-state index contributed by atoms with van der Waals surface area (Å²) in [5.74, 6) is -0.350. The third kappa shape index (κ3) is 6.41. The lowest BCUT2D eigenvalue weighted by atomic mass is 10.1. The number of carbonyl (C=O) groups is 2. The average Bonchev–Trinajstić information content (AvgIpc) is 2.70. The topological polar surface area (TPSA) is 78.9 Å². The van der Waals surface area contributed by atoms with Crippen LogP contribution < -0.4 is 10.1 Å². The van der Waals surface area contributed by atoms with E-state index in [1.807, 2.05) is 0 Å². The van der Waals surface area contributed by atoms with Gasteiger partial charge in [0.25, 0.3) is 5.91 Å². The van der Waals surface area contributed by atoms with E-state index in [1.54, 1.807) is 55.5 Å². The van der Waals surface area contributed by atoms with Gasteiger partial charge in [0.05, 0.1) is 11.6 Å². The maximum atomic E-state index is 12.8. The van der Waals surface area contributed by atoms with Crippen molar-refractivity contribution in [3.05, 3.63) is 64.1 Å². The Morgan fingerprint density at radius 3 is 2.46 bits per heavy atom. The molecule has 2 N–H and O–H groups in total. The molecule has 8 heteroatoms. The number of nitrogens with one attached hydrogen (secondary N) is 1. The van der Waals surface area contributed by atoms with Crippen molar-refractivity contribution in [1.29, 1.82) is 0 Å². The quantitative estimate of drug-likeness (QED) is 0.648. The summed E-state index contributed by atoms with van der Waals surface area (Å²) in [6, 6.07) is 13.1. The normalized spacial score (nSPS) is 11.6. The largest absolute Gasteiger partial charge is 0.482 e. The van der Waals surface area contributed by atoms with Crippen LogP contribution in [-0.4, -0.2) is 47.6 Å². The van der Waals surface area contributed by atoms with Gasteiger partial charge in [0.1, 0.15) is 11.8 Å². The number of carbonyl (C=O) groups excluding carboxylic acids is 2. The maximum absolute atomic E-state index is 12.8. The molecule has 6 nitrogen and oxygen atoms in total. The first-order valence-corrected chi connectivity index (χ1v) is 9.47. The molecule has 28 heavy (non-hydrogen) atoms. The molecule has 0 unspecified atom stereocenters. The zero-order valence-corrected chi connectivity index (χ0v) is 16.9. The molecule has 1 atom stereocenters. The first kappa shape index (κ1) is 22.0. The van der Waals surface area contributed by atoms with Crippen LogP contribution in [0.1, 0.15) is 12.5 Å². The van der Waals surface area contributed by atoms with Crippen molar-refractivity contribution in [2.24, 2.45) is 0 Å². The zero-order valence-electron chi connectivity index (χ0n) is 15.4. The second-order valence-electron chi connectivity index (χ2n) is 6.06. The van der Waals surface area contributed by atoms with E-state index in [4.69, 9.17) is 33.0 Å². The van der Waals surface area contributed by atoms with Crippen LogP contribution in [0.2, 0.25) is 10.0 Å². The SMILES string of the molecule is C[C@@H](C(=O)NCCO)N(Cc1ccc(Cl)cc1)C(=O)COc1ccccc1Cl. The summed E-state index contributed by atoms with van der Waals surface area (Å²) in [6.07, 6.45) is 0. The van der Waals surface area contributed by atoms with Crippen molar-refractivity contribution in [2.45, 2.75) is 19.5 Å². The van der Waals surface area contributed by atoms with Gasteiger partial charge in [-0.3, -0.25) is 9.59 Å². The molecular formula is C20H22Cl2N2O4. The average molecular weight is 425 g/mol. The molecule has 0 fully saturated rings. The van der Waals surface area contributed by atoms with E-state index in [9.17, 15) is 9.59 Å². The van der Waals surface area contributed by atoms with Crippen LogP contribution in [0.15, 0.2) is 48.5 Å². The molecule has 0 saturated heterocycles. The molecule has 0 bridgehead atoms. The summed E-state index contributed by atoms with van der Waals surface area (Å²) >= 11 is 12.0. The number of halogens is 2. The van der Waals surface area contributed by atoms with E-state index in [2.05, 4.69) is 5.32 Å². The van der Waals surface area contributed by atoms with Crippen LogP contribution in [0.5, 0.6) is 5.75 Å². The number of rotatable bonds is 9. The van der Waals surface area contributed by atoms with Crippen molar-refractivity contribution in [2.75, 3.05) is 19.8 Å². The van der Waals surface area contributed by atoms with Gasteiger partial charge in [0, 0.05) is 18.1 Å². The first-order chi connectivity index (χ1) is 13.4. The van der Waals surface area contributed by atoms with Gasteiger partial charge in [-0.25, -0.2) is 0 Å². The molecule has 0 aliphatic carbocycles. The minimum atomic E-state index is -0.760. The van der Waals surface area contributed by atoms with Crippen molar-refractivity contribution >= 4 is 35.0 Å². The summed E-state index contributed by atoms with van der Waals surface area (Å²) < 4.78 is 5.53. The highest BCUT2D eigenvalue weighted by Crippen LogP contribution is 2.23. The Hall–Kier alpha value is -2.28. The number of benzene rings is 2. The number of para-hydroxylation sites is 1. The fourth-order valence-electron chi connectivity index (χ4n) is 2.48. The Bertz CT molecular complexity index is 799. The lowest BCUT2D eigenvalue weighted by Crippen LogP contribution is -2.49. The standard InChI is InChI=1S/C20H22Cl2N2O4/c1-14(20(27)23-10-11-25)24(12-15-6-8-16(21)9-7-15)19(26)13-28-18-5-3-2-4-17(18)22/h2-9,14,25H,10-13H2,1H3,(H,23,27)/t14-/m0/s1. The monoisotopic (exact) mass is 424 g/mol. The van der Waals surface area contributed by atoms with Crippen molar-refractivity contribution in [3.8, 4) is 5.75 Å². The Morgan fingerprint density at radius 1 is 1.14 bits per heavy atom. The molecule has 0 aliphatic rings. The van der Waals surface area contributed by atoms with Gasteiger partial charge in [-0.05, 0) is 36.8 Å². The van der Waals surface area contributed by atoms with E-state index >= 15 is 0 Å². The summed E-state index contributed by atoms with van der Waals surface area (Å²) in [7, 11) is 0. The Balaban J connectivity index is 2.13. The molecule has 0 saturated carbocycles. The highest BCUT2D eigenvalue weighted by molar-refractivity contribution is 6.32. The number of hydrogen-bond acceptors (Lipinski definition) is 4. The Kier molecular flexibility index (Phi) is 8.57. The zero-order chi connectivity index (χ0) is 20.5. The molecule has 150 valence electrons. The van der Waals surface area contributed by atoms with Crippen LogP contribution >= 0.6 is 23.2 Å². The molecule has 0 spiro atoms. The molecule has 2 aromatic carbocycles. The minimum absolute atomic E-state index is 0.113. The second kappa shape index (κ2) is 10.9. The molecule has 2 aromatic rings. The molecule has 0 heterocycles. The Morgan fingerprint density at radius 2 is 1.82 bits per heavy atom. The highest BCUT2D eigenvalue weighted by atomic mass is 35.5. The van der Waals surface area contributed by atoms with Gasteiger partial charge in [0.2, 0.25) is 5.91 Å². The van der Waals surface area contributed by atoms with E-state index in [1.165, 1.54) is 4.90 Å². The van der Waals surface area contributed by atoms with E-state index in [0.717, 1.165) is 5.56 Å². The van der Waals surface area contributed by atoms with Gasteiger partial charge >= 0.3 is 0 Å². The van der Waals surface area contributed by atoms with Crippen LogP contribution in [0.4, 0.5) is 0 Å². The smallest absolute Gasteiger partial charge is 0.261 e. The number of nitrogens with zero attached hydrogens (tertiary/aromatic N) is 1. The van der Waals surface area contributed by atoms with Gasteiger partial charge in [-0.2, -0.15) is 0 Å². The molecule has 0 radical (unpaired) electrons. The minimum Gasteiger partial charge on any atom is -0.482 e. The molecule has 2 amide bonds. The summed E-state index contributed by atoms with van der Waals surface area (Å²) in [4.78, 5) is 26.6. The predicted molar refractivity (Wildman–Crippen MR) is 109 cm³/mol. The van der Waals surface area contributed by atoms with Crippen LogP contribution in [0.25, 0.3) is 0 Å². The molecule has 2 rings (SSSR count). The maximum Gasteiger partial charge on any atom is 0.261 e. The number of hydrogen-bond donors (Lipinski definition) is 2. The third-order valence-electron chi connectivity index (χ3n) is 4.03. The first-order valence-electron chi connectivity index (χ1n) is 8.72. The number of aliphatic hydroxyl groups is 1. The summed E-state index contributed by atoms with van der Waals surface area (Å²) in [6.45, 7) is 1.49. The number of ether oxygens (including phenoxy) is 1. The van der Waals surface area contributed by atoms with E-state index in [0.29, 0.717) is 15.8 Å². The fraction of sp³-hybridized carbons (Fsp3) is 0.300. The fourth-order valence-corrected chi connectivity index (χ4v) is 2.80. The number of aliphatic hydroxyl groups excluding tert-OH is 1. The van der Waals surface area contributed by atoms with Gasteiger partial charge in [0.15, 0.2) is 6.61 Å². The lowest BCUT2D eigenvalue weighted by Gasteiger charge is -2.28. The third-order valence-corrected chi connectivity index (χ3v) is 4.60.